The minimum Gasteiger partial charge on any atom is -0.490 e. The van der Waals surface area contributed by atoms with Gasteiger partial charge in [0, 0.05) is 6.42 Å². The van der Waals surface area contributed by atoms with Crippen LogP contribution in [-0.4, -0.2) is 38.3 Å². The van der Waals surface area contributed by atoms with E-state index in [1.165, 1.54) is 6.07 Å². The van der Waals surface area contributed by atoms with Gasteiger partial charge >= 0.3 is 5.97 Å². The molecular weight excluding hydrogens is 255 g/mol. The van der Waals surface area contributed by atoms with E-state index in [4.69, 9.17) is 9.84 Å². The van der Waals surface area contributed by atoms with Gasteiger partial charge < -0.3 is 9.84 Å². The lowest BCUT2D eigenvalue weighted by Gasteiger charge is -2.07. The van der Waals surface area contributed by atoms with E-state index >= 15 is 0 Å². The highest BCUT2D eigenvalue weighted by molar-refractivity contribution is 5.88. The van der Waals surface area contributed by atoms with Gasteiger partial charge in [-0.1, -0.05) is 5.21 Å². The number of nitrogens with one attached hydrogen (secondary N) is 1. The number of nitrogens with zero attached hydrogens (tertiary/aromatic N) is 3. The molecule has 2 aromatic rings. The average Bonchev–Trinajstić information content (AvgIpc) is 2.89. The Labute approximate surface area is 107 Å². The van der Waals surface area contributed by atoms with Crippen LogP contribution in [0.15, 0.2) is 18.2 Å². The Bertz CT molecular complexity index is 559. The molecule has 0 spiro atoms. The number of rotatable bonds is 6. The smallest absolute Gasteiger partial charge is 0.335 e. The van der Waals surface area contributed by atoms with Crippen molar-refractivity contribution in [1.29, 1.82) is 0 Å². The summed E-state index contributed by atoms with van der Waals surface area (Å²) in [6, 6.07) is 3.41. The molecule has 1 heterocycles. The van der Waals surface area contributed by atoms with Gasteiger partial charge in [0.05, 0.1) is 12.2 Å². The van der Waals surface area contributed by atoms with Crippen LogP contribution in [0.1, 0.15) is 22.6 Å². The number of aryl methyl sites for hydroxylation is 1. The molecule has 2 N–H and O–H groups in total. The van der Waals surface area contributed by atoms with Gasteiger partial charge in [0.2, 0.25) is 0 Å². The second-order valence-corrected chi connectivity index (χ2v) is 3.73. The van der Waals surface area contributed by atoms with E-state index in [2.05, 4.69) is 20.6 Å². The molecule has 0 radical (unpaired) electrons. The Hall–Kier alpha value is -2.51. The Morgan fingerprint density at radius 2 is 2.32 bits per heavy atom. The molecule has 100 valence electrons. The van der Waals surface area contributed by atoms with Crippen molar-refractivity contribution >= 4 is 5.97 Å². The SMILES string of the molecule is O=C(O)c1ccc(F)c(OCCCc2nn[nH]n2)c1. The summed E-state index contributed by atoms with van der Waals surface area (Å²) in [5, 5.41) is 22.0. The number of carbonyl (C=O) groups is 1. The molecule has 0 aliphatic carbocycles. The normalized spacial score (nSPS) is 10.4. The molecule has 1 aromatic carbocycles. The number of hydrogen-bond donors (Lipinski definition) is 2. The Balaban J connectivity index is 1.88. The molecule has 0 saturated heterocycles. The molecule has 19 heavy (non-hydrogen) atoms. The number of aromatic carboxylic acids is 1. The summed E-state index contributed by atoms with van der Waals surface area (Å²) in [6.07, 6.45) is 1.10. The van der Waals surface area contributed by atoms with Crippen molar-refractivity contribution in [2.75, 3.05) is 6.61 Å². The maximum atomic E-state index is 13.4. The minimum atomic E-state index is -1.13. The van der Waals surface area contributed by atoms with Gasteiger partial charge in [0.25, 0.3) is 0 Å². The second-order valence-electron chi connectivity index (χ2n) is 3.73. The molecule has 0 atom stereocenters. The topological polar surface area (TPSA) is 101 Å². The van der Waals surface area contributed by atoms with Crippen LogP contribution >= 0.6 is 0 Å². The van der Waals surface area contributed by atoms with E-state index in [1.54, 1.807) is 0 Å². The second kappa shape index (κ2) is 5.89. The van der Waals surface area contributed by atoms with Crippen molar-refractivity contribution in [1.82, 2.24) is 20.6 Å². The van der Waals surface area contributed by atoms with Crippen molar-refractivity contribution in [3.63, 3.8) is 0 Å². The van der Waals surface area contributed by atoms with E-state index in [9.17, 15) is 9.18 Å². The predicted molar refractivity (Wildman–Crippen MR) is 61.4 cm³/mol. The highest BCUT2D eigenvalue weighted by Gasteiger charge is 2.09. The summed E-state index contributed by atoms with van der Waals surface area (Å²) in [5.74, 6) is -1.25. The first-order valence-corrected chi connectivity index (χ1v) is 5.55. The molecule has 0 aliphatic heterocycles. The van der Waals surface area contributed by atoms with Crippen LogP contribution in [0, 0.1) is 5.82 Å². The van der Waals surface area contributed by atoms with Crippen LogP contribution in [0.4, 0.5) is 4.39 Å². The van der Waals surface area contributed by atoms with E-state index < -0.39 is 11.8 Å². The van der Waals surface area contributed by atoms with Crippen LogP contribution in [0.3, 0.4) is 0 Å². The number of benzene rings is 1. The largest absolute Gasteiger partial charge is 0.490 e. The molecule has 8 heteroatoms. The van der Waals surface area contributed by atoms with E-state index in [1.807, 2.05) is 0 Å². The van der Waals surface area contributed by atoms with Crippen LogP contribution in [0.5, 0.6) is 5.75 Å². The Kier molecular flexibility index (Phi) is 4.01. The fraction of sp³-hybridized carbons (Fsp3) is 0.273. The van der Waals surface area contributed by atoms with Crippen molar-refractivity contribution < 1.29 is 19.0 Å². The number of H-pyrrole nitrogens is 1. The maximum Gasteiger partial charge on any atom is 0.335 e. The quantitative estimate of drug-likeness (QED) is 0.758. The van der Waals surface area contributed by atoms with Crippen molar-refractivity contribution in [3.05, 3.63) is 35.4 Å². The van der Waals surface area contributed by atoms with Crippen molar-refractivity contribution in [2.45, 2.75) is 12.8 Å². The molecule has 0 bridgehead atoms. The first-order chi connectivity index (χ1) is 9.16. The zero-order chi connectivity index (χ0) is 13.7. The molecule has 0 saturated carbocycles. The number of aromatic amines is 1. The zero-order valence-corrected chi connectivity index (χ0v) is 9.84. The minimum absolute atomic E-state index is 0.0189. The van der Waals surface area contributed by atoms with Gasteiger partial charge in [-0.3, -0.25) is 0 Å². The highest BCUT2D eigenvalue weighted by atomic mass is 19.1. The Morgan fingerprint density at radius 1 is 1.47 bits per heavy atom. The van der Waals surface area contributed by atoms with Gasteiger partial charge in [-0.2, -0.15) is 5.21 Å². The highest BCUT2D eigenvalue weighted by Crippen LogP contribution is 2.19. The zero-order valence-electron chi connectivity index (χ0n) is 9.84. The van der Waals surface area contributed by atoms with Crippen molar-refractivity contribution in [3.8, 4) is 5.75 Å². The van der Waals surface area contributed by atoms with Gasteiger partial charge in [-0.15, -0.1) is 10.2 Å². The fourth-order valence-corrected chi connectivity index (χ4v) is 1.45. The fourth-order valence-electron chi connectivity index (χ4n) is 1.45. The van der Waals surface area contributed by atoms with Gasteiger partial charge in [-0.05, 0) is 24.6 Å². The number of carboxylic acids is 1. The standard InChI is InChI=1S/C11H11FN4O3/c12-8-4-3-7(11(17)18)6-9(8)19-5-1-2-10-13-15-16-14-10/h3-4,6H,1-2,5H2,(H,17,18)(H,13,14,15,16). The number of aromatic nitrogens is 4. The summed E-state index contributed by atoms with van der Waals surface area (Å²) >= 11 is 0. The van der Waals surface area contributed by atoms with Gasteiger partial charge in [0.1, 0.15) is 0 Å². The molecular formula is C11H11FN4O3. The summed E-state index contributed by atoms with van der Waals surface area (Å²) in [6.45, 7) is 0.231. The van der Waals surface area contributed by atoms with Crippen LogP contribution in [0.2, 0.25) is 0 Å². The van der Waals surface area contributed by atoms with E-state index in [0.717, 1.165) is 12.1 Å². The van der Waals surface area contributed by atoms with Crippen LogP contribution < -0.4 is 4.74 Å². The molecule has 2 rings (SSSR count). The van der Waals surface area contributed by atoms with Gasteiger partial charge in [-0.25, -0.2) is 9.18 Å². The Morgan fingerprint density at radius 3 is 3.00 bits per heavy atom. The van der Waals surface area contributed by atoms with Crippen molar-refractivity contribution in [2.24, 2.45) is 0 Å². The van der Waals surface area contributed by atoms with Crippen LogP contribution in [-0.2, 0) is 6.42 Å². The molecule has 7 nitrogen and oxygen atoms in total. The molecule has 0 amide bonds. The molecule has 0 unspecified atom stereocenters. The third kappa shape index (κ3) is 3.47. The lowest BCUT2D eigenvalue weighted by Crippen LogP contribution is -2.04. The first kappa shape index (κ1) is 12.9. The number of tetrazole rings is 1. The lowest BCUT2D eigenvalue weighted by atomic mass is 10.2. The number of hydrogen-bond acceptors (Lipinski definition) is 5. The summed E-state index contributed by atoms with van der Waals surface area (Å²) in [7, 11) is 0. The monoisotopic (exact) mass is 266 g/mol. The summed E-state index contributed by atoms with van der Waals surface area (Å²) < 4.78 is 18.6. The molecule has 0 aliphatic rings. The number of ether oxygens (including phenoxy) is 1. The third-order valence-corrected chi connectivity index (χ3v) is 2.37. The van der Waals surface area contributed by atoms with E-state index in [0.29, 0.717) is 18.7 Å². The molecule has 0 fully saturated rings. The van der Waals surface area contributed by atoms with Gasteiger partial charge in [0.15, 0.2) is 17.4 Å². The first-order valence-electron chi connectivity index (χ1n) is 5.55. The lowest BCUT2D eigenvalue weighted by molar-refractivity contribution is 0.0696. The summed E-state index contributed by atoms with van der Waals surface area (Å²) in [5.41, 5.74) is -0.0189. The molecule has 1 aromatic heterocycles. The number of carboxylic acid groups (broad SMARTS) is 1. The maximum absolute atomic E-state index is 13.4. The summed E-state index contributed by atoms with van der Waals surface area (Å²) in [4.78, 5) is 10.7. The number of halogens is 1. The third-order valence-electron chi connectivity index (χ3n) is 2.37. The predicted octanol–water partition coefficient (Wildman–Crippen LogP) is 1.05. The van der Waals surface area contributed by atoms with Crippen LogP contribution in [0.25, 0.3) is 0 Å². The van der Waals surface area contributed by atoms with E-state index in [-0.39, 0.29) is 17.9 Å². The average molecular weight is 266 g/mol.